The highest BCUT2D eigenvalue weighted by atomic mass is 19.1. The highest BCUT2D eigenvalue weighted by Gasteiger charge is 2.20. The molecule has 0 unspecified atom stereocenters. The van der Waals surface area contributed by atoms with E-state index >= 15 is 0 Å². The van der Waals surface area contributed by atoms with Crippen LogP contribution in [-0.4, -0.2) is 23.8 Å². The normalized spacial score (nSPS) is 11.7. The molecule has 1 heterocycles. The van der Waals surface area contributed by atoms with Gasteiger partial charge in [0.25, 0.3) is 5.91 Å². The van der Waals surface area contributed by atoms with Gasteiger partial charge in [-0.15, -0.1) is 0 Å². The van der Waals surface area contributed by atoms with E-state index in [2.05, 4.69) is 15.6 Å². The van der Waals surface area contributed by atoms with E-state index in [-0.39, 0.29) is 23.2 Å². The van der Waals surface area contributed by atoms with Crippen molar-refractivity contribution in [3.63, 3.8) is 0 Å². The lowest BCUT2D eigenvalue weighted by Gasteiger charge is -2.15. The molecule has 23 heavy (non-hydrogen) atoms. The van der Waals surface area contributed by atoms with Crippen LogP contribution in [0, 0.1) is 5.82 Å². The number of aromatic amines is 1. The van der Waals surface area contributed by atoms with Crippen molar-refractivity contribution in [3.8, 4) is 5.75 Å². The van der Waals surface area contributed by atoms with Gasteiger partial charge in [0.15, 0.2) is 5.75 Å². The summed E-state index contributed by atoms with van der Waals surface area (Å²) in [5.74, 6) is -0.532. The Labute approximate surface area is 133 Å². The first-order valence-corrected chi connectivity index (χ1v) is 7.06. The highest BCUT2D eigenvalue weighted by Crippen LogP contribution is 2.29. The molecule has 2 aromatic rings. The third kappa shape index (κ3) is 3.88. The summed E-state index contributed by atoms with van der Waals surface area (Å²) in [7, 11) is 1.48. The summed E-state index contributed by atoms with van der Waals surface area (Å²) in [4.78, 5) is 25.8. The van der Waals surface area contributed by atoms with Crippen LogP contribution in [0.4, 0.5) is 10.2 Å². The van der Waals surface area contributed by atoms with Crippen molar-refractivity contribution in [2.45, 2.75) is 20.0 Å². The average molecular weight is 319 g/mol. The number of nitrogens with one attached hydrogen (secondary N) is 3. The minimum absolute atomic E-state index is 0.152. The molecule has 0 radical (unpaired) electrons. The maximum absolute atomic E-state index is 13.8. The Bertz CT molecular complexity index is 727. The molecule has 2 rings (SSSR count). The van der Waals surface area contributed by atoms with Crippen LogP contribution >= 0.6 is 0 Å². The molecule has 3 N–H and O–H groups in total. The second-order valence-corrected chi connectivity index (χ2v) is 4.96. The lowest BCUT2D eigenvalue weighted by atomic mass is 10.1. The van der Waals surface area contributed by atoms with E-state index in [9.17, 15) is 14.0 Å². The number of rotatable bonds is 5. The van der Waals surface area contributed by atoms with Gasteiger partial charge in [-0.2, -0.15) is 0 Å². The Morgan fingerprint density at radius 2 is 2.00 bits per heavy atom. The number of hydrogen-bond acceptors (Lipinski definition) is 3. The highest BCUT2D eigenvalue weighted by molar-refractivity contribution is 5.97. The number of aromatic nitrogens is 1. The second-order valence-electron chi connectivity index (χ2n) is 4.96. The van der Waals surface area contributed by atoms with Crippen LogP contribution in [0.3, 0.4) is 0 Å². The van der Waals surface area contributed by atoms with Crippen LogP contribution < -0.4 is 15.4 Å². The van der Waals surface area contributed by atoms with Crippen molar-refractivity contribution in [1.29, 1.82) is 0 Å². The van der Waals surface area contributed by atoms with Gasteiger partial charge in [-0.3, -0.25) is 9.59 Å². The lowest BCUT2D eigenvalue weighted by molar-refractivity contribution is -0.114. The second kappa shape index (κ2) is 6.95. The zero-order valence-electron chi connectivity index (χ0n) is 13.1. The van der Waals surface area contributed by atoms with E-state index in [1.54, 1.807) is 25.1 Å². The molecule has 7 heteroatoms. The third-order valence-corrected chi connectivity index (χ3v) is 3.19. The molecule has 6 nitrogen and oxygen atoms in total. The number of halogens is 1. The summed E-state index contributed by atoms with van der Waals surface area (Å²) in [5, 5.41) is 5.02. The minimum Gasteiger partial charge on any atom is -0.483 e. The summed E-state index contributed by atoms with van der Waals surface area (Å²) < 4.78 is 19.5. The first kappa shape index (κ1) is 16.5. The quantitative estimate of drug-likeness (QED) is 0.792. The zero-order chi connectivity index (χ0) is 17.0. The monoisotopic (exact) mass is 319 g/mol. The number of H-pyrrole nitrogens is 1. The van der Waals surface area contributed by atoms with Gasteiger partial charge in [0.05, 0.1) is 0 Å². The molecule has 0 aliphatic carbocycles. The van der Waals surface area contributed by atoms with E-state index in [1.807, 2.05) is 0 Å². The van der Waals surface area contributed by atoms with Crippen LogP contribution in [0.15, 0.2) is 30.3 Å². The Kier molecular flexibility index (Phi) is 5.00. The van der Waals surface area contributed by atoms with E-state index in [4.69, 9.17) is 4.74 Å². The fourth-order valence-electron chi connectivity index (χ4n) is 2.14. The SMILES string of the molecule is CNC(=O)c1[nH]c(NC(C)=O)cc1O[C@@H](C)c1ccccc1F. The smallest absolute Gasteiger partial charge is 0.271 e. The van der Waals surface area contributed by atoms with Crippen LogP contribution in [0.25, 0.3) is 0 Å². The van der Waals surface area contributed by atoms with Gasteiger partial charge in [0.2, 0.25) is 5.91 Å². The standard InChI is InChI=1S/C16H18FN3O3/c1-9(11-6-4-5-7-12(11)17)23-13-8-14(19-10(2)21)20-15(13)16(22)18-3/h4-9,20H,1-3H3,(H,18,22)(H,19,21)/t9-/m0/s1. The van der Waals surface area contributed by atoms with Crippen molar-refractivity contribution in [2.75, 3.05) is 12.4 Å². The van der Waals surface area contributed by atoms with E-state index in [0.717, 1.165) is 0 Å². The number of ether oxygens (including phenoxy) is 1. The number of amides is 2. The van der Waals surface area contributed by atoms with Crippen molar-refractivity contribution in [3.05, 3.63) is 47.4 Å². The van der Waals surface area contributed by atoms with Crippen LogP contribution in [0.5, 0.6) is 5.75 Å². The molecule has 1 aromatic carbocycles. The van der Waals surface area contributed by atoms with Gasteiger partial charge in [-0.25, -0.2) is 4.39 Å². The van der Waals surface area contributed by atoms with Crippen LogP contribution in [-0.2, 0) is 4.79 Å². The molecule has 1 aromatic heterocycles. The summed E-state index contributed by atoms with van der Waals surface area (Å²) in [6.45, 7) is 3.03. The Morgan fingerprint density at radius 1 is 1.30 bits per heavy atom. The fraction of sp³-hybridized carbons (Fsp3) is 0.250. The Hall–Kier alpha value is -2.83. The summed E-state index contributed by atoms with van der Waals surface area (Å²) >= 11 is 0. The summed E-state index contributed by atoms with van der Waals surface area (Å²) in [5.41, 5.74) is 0.525. The van der Waals surface area contributed by atoms with Crippen molar-refractivity contribution < 1.29 is 18.7 Å². The number of carbonyl (C=O) groups excluding carboxylic acids is 2. The molecule has 0 aliphatic rings. The predicted octanol–water partition coefficient (Wildman–Crippen LogP) is 2.61. The molecule has 0 fully saturated rings. The molecule has 0 saturated heterocycles. The largest absolute Gasteiger partial charge is 0.483 e. The van der Waals surface area contributed by atoms with Gasteiger partial charge in [-0.1, -0.05) is 18.2 Å². The Balaban J connectivity index is 2.30. The topological polar surface area (TPSA) is 83.2 Å². The maximum Gasteiger partial charge on any atom is 0.271 e. The molecule has 1 atom stereocenters. The number of anilines is 1. The molecule has 0 saturated carbocycles. The Morgan fingerprint density at radius 3 is 2.61 bits per heavy atom. The third-order valence-electron chi connectivity index (χ3n) is 3.19. The molecule has 0 spiro atoms. The van der Waals surface area contributed by atoms with Gasteiger partial charge in [0.1, 0.15) is 23.4 Å². The van der Waals surface area contributed by atoms with Gasteiger partial charge in [0, 0.05) is 25.6 Å². The first-order valence-electron chi connectivity index (χ1n) is 7.06. The summed E-state index contributed by atoms with van der Waals surface area (Å²) in [6, 6.07) is 7.74. The van der Waals surface area contributed by atoms with Crippen molar-refractivity contribution in [2.24, 2.45) is 0 Å². The zero-order valence-corrected chi connectivity index (χ0v) is 13.1. The molecule has 0 aliphatic heterocycles. The van der Waals surface area contributed by atoms with Gasteiger partial charge in [-0.05, 0) is 13.0 Å². The van der Waals surface area contributed by atoms with Crippen molar-refractivity contribution >= 4 is 17.6 Å². The fourth-order valence-corrected chi connectivity index (χ4v) is 2.14. The van der Waals surface area contributed by atoms with E-state index < -0.39 is 12.0 Å². The first-order chi connectivity index (χ1) is 10.9. The number of hydrogen-bond donors (Lipinski definition) is 3. The lowest BCUT2D eigenvalue weighted by Crippen LogP contribution is -2.19. The molecule has 2 amide bonds. The van der Waals surface area contributed by atoms with Crippen LogP contribution in [0.1, 0.15) is 36.0 Å². The molecule has 0 bridgehead atoms. The maximum atomic E-state index is 13.8. The van der Waals surface area contributed by atoms with Crippen molar-refractivity contribution in [1.82, 2.24) is 10.3 Å². The van der Waals surface area contributed by atoms with Crippen LogP contribution in [0.2, 0.25) is 0 Å². The van der Waals surface area contributed by atoms with Gasteiger partial charge >= 0.3 is 0 Å². The predicted molar refractivity (Wildman–Crippen MR) is 83.9 cm³/mol. The molecular weight excluding hydrogens is 301 g/mol. The van der Waals surface area contributed by atoms with E-state index in [0.29, 0.717) is 11.4 Å². The average Bonchev–Trinajstić information content (AvgIpc) is 2.88. The molecule has 122 valence electrons. The number of carbonyl (C=O) groups is 2. The molecular formula is C16H18FN3O3. The van der Waals surface area contributed by atoms with Gasteiger partial charge < -0.3 is 20.4 Å². The number of benzene rings is 1. The van der Waals surface area contributed by atoms with E-state index in [1.165, 1.54) is 26.1 Å². The minimum atomic E-state index is -0.611. The summed E-state index contributed by atoms with van der Waals surface area (Å²) in [6.07, 6.45) is -0.611.